The van der Waals surface area contributed by atoms with Gasteiger partial charge in [0.15, 0.2) is 0 Å². The van der Waals surface area contributed by atoms with Crippen LogP contribution in [0.25, 0.3) is 11.3 Å². The van der Waals surface area contributed by atoms with E-state index in [0.717, 1.165) is 68.0 Å². The van der Waals surface area contributed by atoms with Gasteiger partial charge in [-0.05, 0) is 37.3 Å². The summed E-state index contributed by atoms with van der Waals surface area (Å²) in [6, 6.07) is 4.24. The number of hydrogen-bond donors (Lipinski definition) is 0. The SMILES string of the molecule is Cn1cc(-c2ccc3c(n2)N(C(=O)N2CCCC2)CCC3)cn1. The first-order valence-corrected chi connectivity index (χ1v) is 8.28. The van der Waals surface area contributed by atoms with E-state index in [2.05, 4.69) is 11.2 Å². The fraction of sp³-hybridized carbons (Fsp3) is 0.471. The van der Waals surface area contributed by atoms with Gasteiger partial charge in [0, 0.05) is 38.4 Å². The molecule has 120 valence electrons. The first kappa shape index (κ1) is 14.2. The number of urea groups is 1. The summed E-state index contributed by atoms with van der Waals surface area (Å²) in [6.07, 6.45) is 7.96. The third-order valence-corrected chi connectivity index (χ3v) is 4.65. The maximum Gasteiger partial charge on any atom is 0.325 e. The van der Waals surface area contributed by atoms with E-state index in [-0.39, 0.29) is 6.03 Å². The van der Waals surface area contributed by atoms with E-state index in [0.29, 0.717) is 0 Å². The molecule has 4 rings (SSSR count). The molecule has 0 unspecified atom stereocenters. The van der Waals surface area contributed by atoms with Crippen LogP contribution in [-0.4, -0.2) is 45.3 Å². The maximum absolute atomic E-state index is 12.8. The highest BCUT2D eigenvalue weighted by Gasteiger charge is 2.29. The number of rotatable bonds is 1. The number of carbonyl (C=O) groups is 1. The molecule has 0 aromatic carbocycles. The Bertz CT molecular complexity index is 732. The second kappa shape index (κ2) is 5.68. The van der Waals surface area contributed by atoms with Crippen LogP contribution >= 0.6 is 0 Å². The van der Waals surface area contributed by atoms with Crippen LogP contribution in [0.5, 0.6) is 0 Å². The second-order valence-corrected chi connectivity index (χ2v) is 6.31. The average Bonchev–Trinajstić information content (AvgIpc) is 3.25. The van der Waals surface area contributed by atoms with Crippen molar-refractivity contribution in [1.82, 2.24) is 19.7 Å². The molecule has 0 N–H and O–H groups in total. The first-order chi connectivity index (χ1) is 11.2. The maximum atomic E-state index is 12.8. The van der Waals surface area contributed by atoms with Crippen LogP contribution < -0.4 is 4.90 Å². The van der Waals surface area contributed by atoms with Crippen molar-refractivity contribution in [1.29, 1.82) is 0 Å². The molecule has 2 aliphatic heterocycles. The number of carbonyl (C=O) groups excluding carboxylic acids is 1. The molecule has 1 fully saturated rings. The molecule has 0 aliphatic carbocycles. The number of aromatic nitrogens is 3. The minimum absolute atomic E-state index is 0.110. The first-order valence-electron chi connectivity index (χ1n) is 8.28. The van der Waals surface area contributed by atoms with Crippen LogP contribution in [0, 0.1) is 0 Å². The van der Waals surface area contributed by atoms with Gasteiger partial charge in [0.2, 0.25) is 0 Å². The Hall–Kier alpha value is -2.37. The lowest BCUT2D eigenvalue weighted by atomic mass is 10.0. The Morgan fingerprint density at radius 3 is 2.70 bits per heavy atom. The summed E-state index contributed by atoms with van der Waals surface area (Å²) >= 11 is 0. The highest BCUT2D eigenvalue weighted by Crippen LogP contribution is 2.29. The standard InChI is InChI=1S/C17H21N5O/c1-20-12-14(11-18-20)15-7-6-13-5-4-10-22(16(13)19-15)17(23)21-8-2-3-9-21/h6-7,11-12H,2-5,8-10H2,1H3. The lowest BCUT2D eigenvalue weighted by Gasteiger charge is -2.32. The smallest absolute Gasteiger partial charge is 0.324 e. The van der Waals surface area contributed by atoms with Gasteiger partial charge >= 0.3 is 6.03 Å². The number of fused-ring (bicyclic) bond motifs is 1. The Morgan fingerprint density at radius 2 is 1.96 bits per heavy atom. The van der Waals surface area contributed by atoms with Gasteiger partial charge in [-0.1, -0.05) is 6.07 Å². The Labute approximate surface area is 135 Å². The van der Waals surface area contributed by atoms with Gasteiger partial charge in [-0.3, -0.25) is 9.58 Å². The summed E-state index contributed by atoms with van der Waals surface area (Å²) in [4.78, 5) is 21.4. The van der Waals surface area contributed by atoms with E-state index in [1.807, 2.05) is 35.3 Å². The van der Waals surface area contributed by atoms with E-state index in [9.17, 15) is 4.79 Å². The molecule has 2 amide bonds. The lowest BCUT2D eigenvalue weighted by molar-refractivity contribution is 0.214. The van der Waals surface area contributed by atoms with Crippen molar-refractivity contribution in [2.24, 2.45) is 7.05 Å². The van der Waals surface area contributed by atoms with Crippen molar-refractivity contribution in [3.8, 4) is 11.3 Å². The molecule has 2 aliphatic rings. The Morgan fingerprint density at radius 1 is 1.13 bits per heavy atom. The molecule has 0 bridgehead atoms. The van der Waals surface area contributed by atoms with Gasteiger partial charge in [-0.2, -0.15) is 5.10 Å². The molecule has 0 atom stereocenters. The summed E-state index contributed by atoms with van der Waals surface area (Å²) in [6.45, 7) is 2.49. The van der Waals surface area contributed by atoms with Gasteiger partial charge < -0.3 is 4.90 Å². The molecule has 2 aromatic rings. The van der Waals surface area contributed by atoms with E-state index in [1.165, 1.54) is 0 Å². The highest BCUT2D eigenvalue weighted by molar-refractivity contribution is 5.92. The minimum Gasteiger partial charge on any atom is -0.324 e. The zero-order valence-electron chi connectivity index (χ0n) is 13.4. The quantitative estimate of drug-likeness (QED) is 0.813. The highest BCUT2D eigenvalue weighted by atomic mass is 16.2. The monoisotopic (exact) mass is 311 g/mol. The zero-order chi connectivity index (χ0) is 15.8. The topological polar surface area (TPSA) is 54.3 Å². The number of hydrogen-bond acceptors (Lipinski definition) is 3. The third-order valence-electron chi connectivity index (χ3n) is 4.65. The average molecular weight is 311 g/mol. The molecule has 1 saturated heterocycles. The largest absolute Gasteiger partial charge is 0.325 e. The van der Waals surface area contributed by atoms with Crippen LogP contribution in [0.1, 0.15) is 24.8 Å². The Balaban J connectivity index is 1.69. The number of pyridine rings is 1. The number of amides is 2. The number of nitrogens with zero attached hydrogens (tertiary/aromatic N) is 5. The predicted octanol–water partition coefficient (Wildman–Crippen LogP) is 2.45. The summed E-state index contributed by atoms with van der Waals surface area (Å²) < 4.78 is 1.77. The minimum atomic E-state index is 0.110. The van der Waals surface area contributed by atoms with Gasteiger partial charge in [-0.15, -0.1) is 0 Å². The lowest BCUT2D eigenvalue weighted by Crippen LogP contribution is -2.44. The fourth-order valence-electron chi connectivity index (χ4n) is 3.42. The van der Waals surface area contributed by atoms with Crippen molar-refractivity contribution in [3.05, 3.63) is 30.1 Å². The second-order valence-electron chi connectivity index (χ2n) is 6.31. The number of likely N-dealkylation sites (tertiary alicyclic amines) is 1. The molecule has 0 radical (unpaired) electrons. The number of anilines is 1. The summed E-state index contributed by atoms with van der Waals surface area (Å²) in [5.41, 5.74) is 3.02. The van der Waals surface area contributed by atoms with E-state index in [1.54, 1.807) is 4.68 Å². The van der Waals surface area contributed by atoms with E-state index < -0.39 is 0 Å². The predicted molar refractivity (Wildman–Crippen MR) is 88.3 cm³/mol. The van der Waals surface area contributed by atoms with Gasteiger partial charge in [0.05, 0.1) is 11.9 Å². The molecular weight excluding hydrogens is 290 g/mol. The normalized spacial score (nSPS) is 17.4. The molecule has 23 heavy (non-hydrogen) atoms. The molecule has 6 heteroatoms. The van der Waals surface area contributed by atoms with Crippen molar-refractivity contribution in [2.75, 3.05) is 24.5 Å². The van der Waals surface area contributed by atoms with Crippen molar-refractivity contribution in [3.63, 3.8) is 0 Å². The van der Waals surface area contributed by atoms with Crippen LogP contribution in [0.15, 0.2) is 24.5 Å². The molecule has 6 nitrogen and oxygen atoms in total. The van der Waals surface area contributed by atoms with E-state index in [4.69, 9.17) is 4.98 Å². The third kappa shape index (κ3) is 2.58. The van der Waals surface area contributed by atoms with Crippen molar-refractivity contribution < 1.29 is 4.79 Å². The van der Waals surface area contributed by atoms with Crippen molar-refractivity contribution in [2.45, 2.75) is 25.7 Å². The summed E-state index contributed by atoms with van der Waals surface area (Å²) in [7, 11) is 1.89. The van der Waals surface area contributed by atoms with Crippen LogP contribution in [0.2, 0.25) is 0 Å². The Kier molecular flexibility index (Phi) is 3.52. The van der Waals surface area contributed by atoms with E-state index >= 15 is 0 Å². The molecule has 2 aromatic heterocycles. The van der Waals surface area contributed by atoms with Crippen LogP contribution in [0.4, 0.5) is 10.6 Å². The summed E-state index contributed by atoms with van der Waals surface area (Å²) in [5.74, 6) is 0.828. The number of aryl methyl sites for hydroxylation is 2. The van der Waals surface area contributed by atoms with Crippen molar-refractivity contribution >= 4 is 11.8 Å². The van der Waals surface area contributed by atoms with Gasteiger partial charge in [-0.25, -0.2) is 9.78 Å². The van der Waals surface area contributed by atoms with Crippen LogP contribution in [0.3, 0.4) is 0 Å². The molecule has 4 heterocycles. The zero-order valence-corrected chi connectivity index (χ0v) is 13.4. The fourth-order valence-corrected chi connectivity index (χ4v) is 3.42. The van der Waals surface area contributed by atoms with Gasteiger partial charge in [0.25, 0.3) is 0 Å². The molecular formula is C17H21N5O. The molecule has 0 saturated carbocycles. The van der Waals surface area contributed by atoms with Gasteiger partial charge in [0.1, 0.15) is 5.82 Å². The molecule has 0 spiro atoms. The summed E-state index contributed by atoms with van der Waals surface area (Å²) in [5, 5.41) is 4.21. The van der Waals surface area contributed by atoms with Crippen LogP contribution in [-0.2, 0) is 13.5 Å².